The van der Waals surface area contributed by atoms with Gasteiger partial charge in [0.2, 0.25) is 15.9 Å². The Hall–Kier alpha value is -2.25. The number of hydrogen-bond acceptors (Lipinski definition) is 7. The summed E-state index contributed by atoms with van der Waals surface area (Å²) in [6.45, 7) is 2.37. The van der Waals surface area contributed by atoms with E-state index in [2.05, 4.69) is 4.98 Å². The van der Waals surface area contributed by atoms with Gasteiger partial charge in [0.25, 0.3) is 5.91 Å². The van der Waals surface area contributed by atoms with Crippen LogP contribution in [-0.4, -0.2) is 66.9 Å². The highest BCUT2D eigenvalue weighted by atomic mass is 32.2. The topological polar surface area (TPSA) is 135 Å². The number of sulfonamides is 1. The number of hydrogen-bond donors (Lipinski definition) is 1. The second-order valence-corrected chi connectivity index (χ2v) is 12.8. The van der Waals surface area contributed by atoms with Crippen LogP contribution in [0.25, 0.3) is 0 Å². The lowest BCUT2D eigenvalue weighted by Crippen LogP contribution is -2.57. The van der Waals surface area contributed by atoms with Crippen LogP contribution in [0.5, 0.6) is 5.88 Å². The maximum absolute atomic E-state index is 14.4. The maximum Gasteiger partial charge on any atom is 0.254 e. The van der Waals surface area contributed by atoms with Crippen molar-refractivity contribution in [1.29, 1.82) is 0 Å². The summed E-state index contributed by atoms with van der Waals surface area (Å²) < 4.78 is 61.5. The van der Waals surface area contributed by atoms with Gasteiger partial charge >= 0.3 is 0 Å². The van der Waals surface area contributed by atoms with Gasteiger partial charge in [0.15, 0.2) is 16.0 Å². The fourth-order valence-electron chi connectivity index (χ4n) is 4.35. The summed E-state index contributed by atoms with van der Waals surface area (Å²) >= 11 is -1.75. The van der Waals surface area contributed by atoms with Crippen molar-refractivity contribution in [2.24, 2.45) is 11.1 Å². The number of benzene rings is 1. The zero-order valence-corrected chi connectivity index (χ0v) is 21.2. The molecule has 1 aliphatic carbocycles. The highest BCUT2D eigenvalue weighted by Crippen LogP contribution is 2.40. The van der Waals surface area contributed by atoms with E-state index in [1.54, 1.807) is 17.0 Å². The molecule has 2 saturated heterocycles. The molecule has 2 aromatic rings. The Morgan fingerprint density at radius 1 is 1.19 bits per heavy atom. The maximum atomic E-state index is 14.4. The van der Waals surface area contributed by atoms with E-state index in [0.29, 0.717) is 29.9 Å². The first kappa shape index (κ1) is 25.4. The highest BCUT2D eigenvalue weighted by Gasteiger charge is 2.41. The number of amides is 1. The van der Waals surface area contributed by atoms with E-state index in [1.165, 1.54) is 6.07 Å². The molecule has 9 nitrogen and oxygen atoms in total. The molecule has 3 heterocycles. The average molecular weight is 538 g/mol. The van der Waals surface area contributed by atoms with Crippen molar-refractivity contribution in [2.45, 2.75) is 46.6 Å². The summed E-state index contributed by atoms with van der Waals surface area (Å²) in [5.74, 6) is 0.0533. The number of ether oxygens (including phenoxy) is 2. The molecule has 0 radical (unpaired) electrons. The Morgan fingerprint density at radius 3 is 2.56 bits per heavy atom. The number of primary sulfonamides is 1. The van der Waals surface area contributed by atoms with Gasteiger partial charge in [0.1, 0.15) is 0 Å². The summed E-state index contributed by atoms with van der Waals surface area (Å²) in [5.41, 5.74) is 1.32. The fraction of sp³-hybridized carbons (Fsp3) is 0.500. The molecule has 1 atom stereocenters. The molecule has 0 spiro atoms. The van der Waals surface area contributed by atoms with Gasteiger partial charge in [-0.1, -0.05) is 0 Å². The number of likely N-dealkylation sites (tertiary alicyclic amines) is 1. The van der Waals surface area contributed by atoms with Gasteiger partial charge in [-0.2, -0.15) is 0 Å². The molecule has 0 bridgehead atoms. The van der Waals surface area contributed by atoms with Crippen LogP contribution < -0.4 is 9.88 Å². The van der Waals surface area contributed by atoms with Crippen LogP contribution in [0.2, 0.25) is 0 Å². The van der Waals surface area contributed by atoms with Crippen molar-refractivity contribution in [3.05, 3.63) is 47.4 Å². The third-order valence-electron chi connectivity index (χ3n) is 6.76. The fourth-order valence-corrected chi connectivity index (χ4v) is 6.32. The molecule has 194 valence electrons. The second kappa shape index (κ2) is 10.3. The predicted molar refractivity (Wildman–Crippen MR) is 129 cm³/mol. The van der Waals surface area contributed by atoms with Gasteiger partial charge in [0, 0.05) is 36.5 Å². The van der Waals surface area contributed by atoms with E-state index in [1.807, 2.05) is 0 Å². The molecular weight excluding hydrogens is 509 g/mol. The van der Waals surface area contributed by atoms with Crippen molar-refractivity contribution in [1.82, 2.24) is 9.88 Å². The van der Waals surface area contributed by atoms with Crippen molar-refractivity contribution in [3.63, 3.8) is 0 Å². The second-order valence-electron chi connectivity index (χ2n) is 9.53. The number of nitrogens with zero attached hydrogens (tertiary/aromatic N) is 2. The Bertz CT molecular complexity index is 1240. The van der Waals surface area contributed by atoms with Gasteiger partial charge in [0.05, 0.1) is 24.6 Å². The Kier molecular flexibility index (Phi) is 7.23. The molecule has 36 heavy (non-hydrogen) atoms. The lowest BCUT2D eigenvalue weighted by molar-refractivity contribution is 0.0489. The molecule has 12 heteroatoms. The van der Waals surface area contributed by atoms with E-state index >= 15 is 0 Å². The molecule has 1 saturated carbocycles. The molecular formula is C24H28FN3O6S2. The summed E-state index contributed by atoms with van der Waals surface area (Å²) in [6, 6.07) is 6.52. The number of carbonyl (C=O) groups excluding carboxylic acids is 1. The van der Waals surface area contributed by atoms with Gasteiger partial charge in [-0.3, -0.25) is 4.79 Å². The van der Waals surface area contributed by atoms with Gasteiger partial charge in [-0.05, 0) is 67.0 Å². The molecule has 1 amide bonds. The Balaban J connectivity index is 1.24. The third-order valence-corrected chi connectivity index (χ3v) is 9.34. The standard InChI is InChI=1S/C24H28FN3O6S2/c25-20-11-19(36(26,31)32)3-4-22(20)35(30)18-12-28(13-18)24(29)17-9-21(16-1-2-16)27-23(10-17)34-14-15-5-7-33-8-6-15/h3-4,9-11,15-16,18H,1-2,5-8,12-14H2,(H2,26,31,32). The van der Waals surface area contributed by atoms with Gasteiger partial charge < -0.3 is 18.9 Å². The minimum Gasteiger partial charge on any atom is -0.611 e. The highest BCUT2D eigenvalue weighted by molar-refractivity contribution is 7.92. The minimum absolute atomic E-state index is 0.108. The minimum atomic E-state index is -4.06. The number of aromatic nitrogens is 1. The zero-order chi connectivity index (χ0) is 25.4. The molecule has 1 unspecified atom stereocenters. The van der Waals surface area contributed by atoms with Crippen molar-refractivity contribution in [3.8, 4) is 5.88 Å². The number of halogens is 1. The van der Waals surface area contributed by atoms with E-state index in [4.69, 9.17) is 14.6 Å². The molecule has 5 rings (SSSR count). The normalized spacial score (nSPS) is 20.1. The Labute approximate surface area is 212 Å². The average Bonchev–Trinajstić information content (AvgIpc) is 3.67. The number of nitrogens with two attached hydrogens (primary N) is 1. The van der Waals surface area contributed by atoms with E-state index in [9.17, 15) is 22.2 Å². The van der Waals surface area contributed by atoms with Crippen LogP contribution in [0.15, 0.2) is 40.1 Å². The first-order valence-corrected chi connectivity index (χ1v) is 14.7. The molecule has 2 aliphatic heterocycles. The summed E-state index contributed by atoms with van der Waals surface area (Å²) in [6.07, 6.45) is 3.94. The number of pyridine rings is 1. The molecule has 1 aromatic heterocycles. The lowest BCUT2D eigenvalue weighted by atomic mass is 10.0. The lowest BCUT2D eigenvalue weighted by Gasteiger charge is -2.39. The Morgan fingerprint density at radius 2 is 1.92 bits per heavy atom. The smallest absolute Gasteiger partial charge is 0.254 e. The van der Waals surface area contributed by atoms with Crippen LogP contribution in [0.3, 0.4) is 0 Å². The largest absolute Gasteiger partial charge is 0.611 e. The van der Waals surface area contributed by atoms with Crippen LogP contribution in [0, 0.1) is 11.7 Å². The van der Waals surface area contributed by atoms with Gasteiger partial charge in [-0.25, -0.2) is 22.9 Å². The predicted octanol–water partition coefficient (Wildman–Crippen LogP) is 2.18. The van der Waals surface area contributed by atoms with Crippen LogP contribution in [0.1, 0.15) is 47.7 Å². The summed E-state index contributed by atoms with van der Waals surface area (Å²) in [5, 5.41) is 4.56. The van der Waals surface area contributed by atoms with E-state index in [-0.39, 0.29) is 28.8 Å². The third kappa shape index (κ3) is 5.67. The monoisotopic (exact) mass is 537 g/mol. The van der Waals surface area contributed by atoms with Crippen molar-refractivity contribution in [2.75, 3.05) is 32.9 Å². The molecule has 3 fully saturated rings. The summed E-state index contributed by atoms with van der Waals surface area (Å²) in [7, 11) is -4.06. The number of carbonyl (C=O) groups is 1. The van der Waals surface area contributed by atoms with E-state index < -0.39 is 32.3 Å². The SMILES string of the molecule is NS(=O)(=O)c1ccc([S+]([O-])C2CN(C(=O)c3cc(OCC4CCOCC4)nc(C4CC4)c3)C2)c(F)c1. The number of rotatable bonds is 8. The van der Waals surface area contributed by atoms with Crippen molar-refractivity contribution >= 4 is 27.1 Å². The first-order chi connectivity index (χ1) is 17.2. The molecule has 3 aliphatic rings. The zero-order valence-electron chi connectivity index (χ0n) is 19.6. The first-order valence-electron chi connectivity index (χ1n) is 11.9. The van der Waals surface area contributed by atoms with Crippen LogP contribution >= 0.6 is 0 Å². The molecule has 2 N–H and O–H groups in total. The summed E-state index contributed by atoms with van der Waals surface area (Å²) in [4.78, 5) is 18.9. The van der Waals surface area contributed by atoms with Crippen LogP contribution in [-0.2, 0) is 25.9 Å². The van der Waals surface area contributed by atoms with Crippen LogP contribution in [0.4, 0.5) is 4.39 Å². The quantitative estimate of drug-likeness (QED) is 0.510. The van der Waals surface area contributed by atoms with Crippen molar-refractivity contribution < 1.29 is 31.6 Å². The molecule has 1 aromatic carbocycles. The van der Waals surface area contributed by atoms with E-state index in [0.717, 1.165) is 56.7 Å². The van der Waals surface area contributed by atoms with Gasteiger partial charge in [-0.15, -0.1) is 0 Å².